The summed E-state index contributed by atoms with van der Waals surface area (Å²) in [6.45, 7) is 0.215. The van der Waals surface area contributed by atoms with E-state index in [2.05, 4.69) is 0 Å². The number of ketones is 1. The third-order valence-corrected chi connectivity index (χ3v) is 4.00. The highest BCUT2D eigenvalue weighted by Gasteiger charge is 2.12. The Morgan fingerprint density at radius 3 is 2.25 bits per heavy atom. The summed E-state index contributed by atoms with van der Waals surface area (Å²) in [6, 6.07) is 12.7. The van der Waals surface area contributed by atoms with Crippen LogP contribution in [-0.2, 0) is 6.42 Å². The van der Waals surface area contributed by atoms with Crippen LogP contribution in [0.25, 0.3) is 0 Å². The van der Waals surface area contributed by atoms with Gasteiger partial charge < -0.3 is 14.6 Å². The van der Waals surface area contributed by atoms with E-state index >= 15 is 0 Å². The minimum Gasteiger partial charge on any atom is -0.497 e. The van der Waals surface area contributed by atoms with Gasteiger partial charge in [0.25, 0.3) is 0 Å². The quantitative estimate of drug-likeness (QED) is 0.564. The second kappa shape index (κ2) is 9.08. The monoisotopic (exact) mass is 328 g/mol. The van der Waals surface area contributed by atoms with Gasteiger partial charge in [0, 0.05) is 17.7 Å². The van der Waals surface area contributed by atoms with Crippen molar-refractivity contribution in [2.45, 2.75) is 25.7 Å². The van der Waals surface area contributed by atoms with E-state index in [0.717, 1.165) is 42.7 Å². The zero-order chi connectivity index (χ0) is 17.4. The Kier molecular flexibility index (Phi) is 6.82. The first-order valence-corrected chi connectivity index (χ1v) is 8.16. The predicted molar refractivity (Wildman–Crippen MR) is 94.1 cm³/mol. The molecule has 0 radical (unpaired) electrons. The van der Waals surface area contributed by atoms with Gasteiger partial charge in [-0.1, -0.05) is 6.42 Å². The van der Waals surface area contributed by atoms with E-state index in [0.29, 0.717) is 11.1 Å². The van der Waals surface area contributed by atoms with Crippen LogP contribution in [0.5, 0.6) is 11.5 Å². The number of rotatable bonds is 9. The van der Waals surface area contributed by atoms with Gasteiger partial charge in [-0.2, -0.15) is 0 Å². The van der Waals surface area contributed by atoms with E-state index in [4.69, 9.17) is 14.6 Å². The molecule has 0 amide bonds. The molecule has 4 nitrogen and oxygen atoms in total. The highest BCUT2D eigenvalue weighted by molar-refractivity contribution is 6.09. The highest BCUT2D eigenvalue weighted by Crippen LogP contribution is 2.24. The van der Waals surface area contributed by atoms with Gasteiger partial charge in [-0.25, -0.2) is 0 Å². The Balaban J connectivity index is 2.17. The van der Waals surface area contributed by atoms with Crippen LogP contribution in [0.3, 0.4) is 0 Å². The van der Waals surface area contributed by atoms with Crippen molar-refractivity contribution >= 4 is 5.78 Å². The largest absolute Gasteiger partial charge is 0.497 e. The predicted octanol–water partition coefficient (Wildman–Crippen LogP) is 3.64. The summed E-state index contributed by atoms with van der Waals surface area (Å²) in [5.74, 6) is 1.51. The molecule has 2 aromatic carbocycles. The van der Waals surface area contributed by atoms with Crippen LogP contribution in [0.15, 0.2) is 42.5 Å². The average Bonchev–Trinajstić information content (AvgIpc) is 2.64. The molecule has 0 fully saturated rings. The first-order valence-electron chi connectivity index (χ1n) is 8.16. The minimum absolute atomic E-state index is 0.0167. The molecule has 0 atom stereocenters. The van der Waals surface area contributed by atoms with E-state index in [1.165, 1.54) is 0 Å². The van der Waals surface area contributed by atoms with Crippen molar-refractivity contribution in [1.29, 1.82) is 0 Å². The molecule has 0 bridgehead atoms. The lowest BCUT2D eigenvalue weighted by Gasteiger charge is -2.11. The smallest absolute Gasteiger partial charge is 0.193 e. The van der Waals surface area contributed by atoms with E-state index in [1.807, 2.05) is 12.1 Å². The summed E-state index contributed by atoms with van der Waals surface area (Å²) in [7, 11) is 3.24. The number of aryl methyl sites for hydroxylation is 1. The van der Waals surface area contributed by atoms with Crippen molar-refractivity contribution < 1.29 is 19.4 Å². The number of unbranched alkanes of at least 4 members (excludes halogenated alkanes) is 2. The van der Waals surface area contributed by atoms with Crippen molar-refractivity contribution in [2.75, 3.05) is 20.8 Å². The van der Waals surface area contributed by atoms with Crippen molar-refractivity contribution in [2.24, 2.45) is 0 Å². The lowest BCUT2D eigenvalue weighted by molar-refractivity contribution is 0.103. The van der Waals surface area contributed by atoms with Crippen LogP contribution in [0.4, 0.5) is 0 Å². The molecule has 0 heterocycles. The third-order valence-electron chi connectivity index (χ3n) is 4.00. The second-order valence-corrected chi connectivity index (χ2v) is 5.62. The first kappa shape index (κ1) is 18.0. The number of methoxy groups -OCH3 is 2. The van der Waals surface area contributed by atoms with Crippen LogP contribution >= 0.6 is 0 Å². The maximum atomic E-state index is 12.7. The van der Waals surface area contributed by atoms with Crippen LogP contribution in [0.1, 0.15) is 40.7 Å². The zero-order valence-electron chi connectivity index (χ0n) is 14.2. The second-order valence-electron chi connectivity index (χ2n) is 5.62. The molecule has 24 heavy (non-hydrogen) atoms. The van der Waals surface area contributed by atoms with E-state index in [-0.39, 0.29) is 12.4 Å². The van der Waals surface area contributed by atoms with Gasteiger partial charge in [0.15, 0.2) is 5.78 Å². The van der Waals surface area contributed by atoms with Crippen molar-refractivity contribution in [1.82, 2.24) is 0 Å². The molecule has 0 spiro atoms. The maximum absolute atomic E-state index is 12.7. The summed E-state index contributed by atoms with van der Waals surface area (Å²) >= 11 is 0. The molecule has 0 saturated carbocycles. The Hall–Kier alpha value is -2.33. The highest BCUT2D eigenvalue weighted by atomic mass is 16.5. The zero-order valence-corrected chi connectivity index (χ0v) is 14.2. The number of aliphatic hydroxyl groups is 1. The Labute approximate surface area is 143 Å². The van der Waals surface area contributed by atoms with E-state index in [1.54, 1.807) is 44.6 Å². The molecule has 0 aliphatic rings. The number of benzene rings is 2. The Bertz CT molecular complexity index is 662. The number of hydrogen-bond acceptors (Lipinski definition) is 4. The molecule has 0 aliphatic carbocycles. The fourth-order valence-corrected chi connectivity index (χ4v) is 2.63. The van der Waals surface area contributed by atoms with Gasteiger partial charge in [0.05, 0.1) is 14.2 Å². The number of aliphatic hydroxyl groups excluding tert-OH is 1. The number of ether oxygens (including phenoxy) is 2. The van der Waals surface area contributed by atoms with Crippen LogP contribution in [-0.4, -0.2) is 31.7 Å². The van der Waals surface area contributed by atoms with Crippen molar-refractivity contribution in [3.63, 3.8) is 0 Å². The molecule has 0 aliphatic heterocycles. The fourth-order valence-electron chi connectivity index (χ4n) is 2.63. The molecule has 1 N–H and O–H groups in total. The lowest BCUT2D eigenvalue weighted by Crippen LogP contribution is -2.03. The molecule has 2 aromatic rings. The number of hydrogen-bond donors (Lipinski definition) is 1. The Morgan fingerprint density at radius 2 is 1.62 bits per heavy atom. The minimum atomic E-state index is -0.0167. The summed E-state index contributed by atoms with van der Waals surface area (Å²) in [5, 5.41) is 8.87. The van der Waals surface area contributed by atoms with Crippen LogP contribution in [0, 0.1) is 0 Å². The third kappa shape index (κ3) is 4.59. The standard InChI is InChI=1S/C20H24O4/c1-23-18-10-7-15(8-11-18)20(22)17-9-12-19(24-2)16(14-17)6-4-3-5-13-21/h7-12,14,21H,3-6,13H2,1-2H3. The van der Waals surface area contributed by atoms with Crippen molar-refractivity contribution in [3.05, 3.63) is 59.2 Å². The lowest BCUT2D eigenvalue weighted by atomic mass is 9.98. The Morgan fingerprint density at radius 1 is 0.917 bits per heavy atom. The van der Waals surface area contributed by atoms with Gasteiger partial charge in [-0.3, -0.25) is 4.79 Å². The molecule has 128 valence electrons. The molecule has 0 aromatic heterocycles. The van der Waals surface area contributed by atoms with E-state index < -0.39 is 0 Å². The normalized spacial score (nSPS) is 10.5. The van der Waals surface area contributed by atoms with Gasteiger partial charge in [-0.05, 0) is 67.3 Å². The summed E-state index contributed by atoms with van der Waals surface area (Å²) < 4.78 is 10.5. The molecule has 0 saturated heterocycles. The van der Waals surface area contributed by atoms with E-state index in [9.17, 15) is 4.79 Å². The molecular formula is C20H24O4. The summed E-state index contributed by atoms with van der Waals surface area (Å²) in [4.78, 5) is 12.7. The summed E-state index contributed by atoms with van der Waals surface area (Å²) in [6.07, 6.45) is 3.53. The van der Waals surface area contributed by atoms with Crippen LogP contribution < -0.4 is 9.47 Å². The maximum Gasteiger partial charge on any atom is 0.193 e. The number of carbonyl (C=O) groups is 1. The molecular weight excluding hydrogens is 304 g/mol. The first-order chi connectivity index (χ1) is 11.7. The van der Waals surface area contributed by atoms with Gasteiger partial charge >= 0.3 is 0 Å². The average molecular weight is 328 g/mol. The molecule has 0 unspecified atom stereocenters. The van der Waals surface area contributed by atoms with Gasteiger partial charge in [-0.15, -0.1) is 0 Å². The SMILES string of the molecule is COc1ccc(C(=O)c2ccc(OC)c(CCCCCO)c2)cc1. The fraction of sp³-hybridized carbons (Fsp3) is 0.350. The van der Waals surface area contributed by atoms with Gasteiger partial charge in [0.1, 0.15) is 11.5 Å². The van der Waals surface area contributed by atoms with Crippen molar-refractivity contribution in [3.8, 4) is 11.5 Å². The summed E-state index contributed by atoms with van der Waals surface area (Å²) in [5.41, 5.74) is 2.31. The topological polar surface area (TPSA) is 55.8 Å². The van der Waals surface area contributed by atoms with Crippen LogP contribution in [0.2, 0.25) is 0 Å². The number of carbonyl (C=O) groups excluding carboxylic acids is 1. The van der Waals surface area contributed by atoms with Gasteiger partial charge in [0.2, 0.25) is 0 Å². The molecule has 4 heteroatoms. The molecule has 2 rings (SSSR count).